The molecule has 0 saturated heterocycles. The van der Waals surface area contributed by atoms with Crippen LogP contribution in [0.15, 0.2) is 36.4 Å². The van der Waals surface area contributed by atoms with Crippen molar-refractivity contribution in [2.24, 2.45) is 0 Å². The number of rotatable bonds is 5. The van der Waals surface area contributed by atoms with Crippen LogP contribution < -0.4 is 20.1 Å². The highest BCUT2D eigenvalue weighted by Gasteiger charge is 2.24. The van der Waals surface area contributed by atoms with Gasteiger partial charge in [-0.3, -0.25) is 0 Å². The van der Waals surface area contributed by atoms with E-state index in [0.717, 1.165) is 22.4 Å². The van der Waals surface area contributed by atoms with Crippen LogP contribution in [0.2, 0.25) is 0 Å². The molecule has 0 atom stereocenters. The molecule has 0 bridgehead atoms. The highest BCUT2D eigenvalue weighted by molar-refractivity contribution is 5.91. The van der Waals surface area contributed by atoms with E-state index in [0.29, 0.717) is 11.5 Å². The summed E-state index contributed by atoms with van der Waals surface area (Å²) < 4.78 is 10.6. The Hall–Kier alpha value is -2.69. The van der Waals surface area contributed by atoms with Gasteiger partial charge in [0.15, 0.2) is 11.5 Å². The van der Waals surface area contributed by atoms with Crippen LogP contribution in [0.25, 0.3) is 0 Å². The molecule has 2 N–H and O–H groups in total. The Labute approximate surface area is 149 Å². The van der Waals surface area contributed by atoms with Crippen molar-refractivity contribution in [1.82, 2.24) is 5.32 Å². The normalized spacial score (nSPS) is 11.0. The lowest BCUT2D eigenvalue weighted by molar-refractivity contribution is 0.241. The minimum atomic E-state index is -0.583. The van der Waals surface area contributed by atoms with E-state index in [1.54, 1.807) is 14.2 Å². The van der Waals surface area contributed by atoms with E-state index in [4.69, 9.17) is 9.47 Å². The van der Waals surface area contributed by atoms with Crippen LogP contribution in [0.5, 0.6) is 11.5 Å². The zero-order valence-electron chi connectivity index (χ0n) is 15.7. The minimum Gasteiger partial charge on any atom is -0.493 e. The maximum atomic E-state index is 12.5. The largest absolute Gasteiger partial charge is 0.493 e. The van der Waals surface area contributed by atoms with Gasteiger partial charge in [0.25, 0.3) is 0 Å². The average Bonchev–Trinajstić information content (AvgIpc) is 2.57. The van der Waals surface area contributed by atoms with Gasteiger partial charge in [-0.05, 0) is 56.5 Å². The number of methoxy groups -OCH3 is 2. The smallest absolute Gasteiger partial charge is 0.319 e. The Morgan fingerprint density at radius 2 is 1.56 bits per heavy atom. The molecule has 2 aromatic rings. The number of ether oxygens (including phenoxy) is 2. The molecule has 0 aliphatic carbocycles. The number of para-hydroxylation sites is 1. The third-order valence-corrected chi connectivity index (χ3v) is 4.25. The fraction of sp³-hybridized carbons (Fsp3) is 0.350. The monoisotopic (exact) mass is 342 g/mol. The first-order valence-corrected chi connectivity index (χ1v) is 8.16. The SMILES string of the molecule is COc1ccc(C(C)(C)NC(=O)Nc2c(C)cccc2C)cc1OC. The summed E-state index contributed by atoms with van der Waals surface area (Å²) in [4.78, 5) is 12.5. The topological polar surface area (TPSA) is 59.6 Å². The lowest BCUT2D eigenvalue weighted by Crippen LogP contribution is -2.43. The highest BCUT2D eigenvalue weighted by Crippen LogP contribution is 2.32. The first-order valence-electron chi connectivity index (χ1n) is 8.16. The van der Waals surface area contributed by atoms with Gasteiger partial charge in [0, 0.05) is 5.69 Å². The predicted octanol–water partition coefficient (Wildman–Crippen LogP) is 4.38. The lowest BCUT2D eigenvalue weighted by Gasteiger charge is -2.28. The first-order chi connectivity index (χ1) is 11.8. The molecule has 2 aromatic carbocycles. The summed E-state index contributed by atoms with van der Waals surface area (Å²) in [5.41, 5.74) is 3.23. The molecular formula is C20H26N2O3. The molecule has 0 fully saturated rings. The number of nitrogens with one attached hydrogen (secondary N) is 2. The van der Waals surface area contributed by atoms with Crippen molar-refractivity contribution in [2.45, 2.75) is 33.2 Å². The van der Waals surface area contributed by atoms with Gasteiger partial charge in [-0.15, -0.1) is 0 Å². The summed E-state index contributed by atoms with van der Waals surface area (Å²) in [6.45, 7) is 7.83. The second kappa shape index (κ2) is 7.47. The lowest BCUT2D eigenvalue weighted by atomic mass is 9.94. The zero-order chi connectivity index (χ0) is 18.6. The standard InChI is InChI=1S/C20H26N2O3/c1-13-8-7-9-14(2)18(13)21-19(23)22-20(3,4)15-10-11-16(24-5)17(12-15)25-6/h7-12H,1-6H3,(H2,21,22,23). The summed E-state index contributed by atoms with van der Waals surface area (Å²) in [6.07, 6.45) is 0. The number of urea groups is 1. The van der Waals surface area contributed by atoms with Crippen LogP contribution in [0.3, 0.4) is 0 Å². The van der Waals surface area contributed by atoms with Gasteiger partial charge in [-0.2, -0.15) is 0 Å². The van der Waals surface area contributed by atoms with Crippen molar-refractivity contribution in [1.29, 1.82) is 0 Å². The maximum absolute atomic E-state index is 12.5. The van der Waals surface area contributed by atoms with E-state index < -0.39 is 5.54 Å². The summed E-state index contributed by atoms with van der Waals surface area (Å²) >= 11 is 0. The molecule has 0 spiro atoms. The van der Waals surface area contributed by atoms with Crippen LogP contribution in [0.1, 0.15) is 30.5 Å². The fourth-order valence-corrected chi connectivity index (χ4v) is 2.74. The van der Waals surface area contributed by atoms with E-state index in [-0.39, 0.29) is 6.03 Å². The number of amides is 2. The van der Waals surface area contributed by atoms with Gasteiger partial charge < -0.3 is 20.1 Å². The summed E-state index contributed by atoms with van der Waals surface area (Å²) in [6, 6.07) is 11.3. The van der Waals surface area contributed by atoms with Gasteiger partial charge in [0.2, 0.25) is 0 Å². The summed E-state index contributed by atoms with van der Waals surface area (Å²) in [7, 11) is 3.19. The van der Waals surface area contributed by atoms with Crippen LogP contribution in [0, 0.1) is 13.8 Å². The number of carbonyl (C=O) groups excluding carboxylic acids is 1. The van der Waals surface area contributed by atoms with E-state index in [2.05, 4.69) is 10.6 Å². The number of hydrogen-bond acceptors (Lipinski definition) is 3. The average molecular weight is 342 g/mol. The number of carbonyl (C=O) groups is 1. The van der Waals surface area contributed by atoms with Crippen molar-refractivity contribution in [2.75, 3.05) is 19.5 Å². The molecule has 5 nitrogen and oxygen atoms in total. The third-order valence-electron chi connectivity index (χ3n) is 4.25. The van der Waals surface area contributed by atoms with Gasteiger partial charge >= 0.3 is 6.03 Å². The number of anilines is 1. The number of hydrogen-bond donors (Lipinski definition) is 2. The van der Waals surface area contributed by atoms with Crippen molar-refractivity contribution < 1.29 is 14.3 Å². The molecule has 25 heavy (non-hydrogen) atoms. The van der Waals surface area contributed by atoms with Crippen LogP contribution in [0.4, 0.5) is 10.5 Å². The summed E-state index contributed by atoms with van der Waals surface area (Å²) in [5, 5.41) is 5.97. The molecule has 134 valence electrons. The molecule has 2 amide bonds. The van der Waals surface area contributed by atoms with E-state index >= 15 is 0 Å². The molecule has 0 radical (unpaired) electrons. The van der Waals surface area contributed by atoms with Crippen LogP contribution in [-0.4, -0.2) is 20.3 Å². The van der Waals surface area contributed by atoms with Gasteiger partial charge in [-0.25, -0.2) is 4.79 Å². The number of aryl methyl sites for hydroxylation is 2. The predicted molar refractivity (Wildman–Crippen MR) is 101 cm³/mol. The molecule has 0 aliphatic heterocycles. The second-order valence-corrected chi connectivity index (χ2v) is 6.54. The Kier molecular flexibility index (Phi) is 5.57. The quantitative estimate of drug-likeness (QED) is 0.848. The van der Waals surface area contributed by atoms with Crippen molar-refractivity contribution in [3.8, 4) is 11.5 Å². The van der Waals surface area contributed by atoms with Crippen molar-refractivity contribution in [3.05, 3.63) is 53.1 Å². The Bertz CT molecular complexity index is 749. The first kappa shape index (κ1) is 18.6. The minimum absolute atomic E-state index is 0.253. The van der Waals surface area contributed by atoms with Crippen molar-refractivity contribution >= 4 is 11.7 Å². The van der Waals surface area contributed by atoms with E-state index in [1.807, 2.05) is 64.1 Å². The molecule has 0 heterocycles. The molecular weight excluding hydrogens is 316 g/mol. The zero-order valence-corrected chi connectivity index (χ0v) is 15.7. The molecule has 5 heteroatoms. The van der Waals surface area contributed by atoms with E-state index in [1.165, 1.54) is 0 Å². The fourth-order valence-electron chi connectivity index (χ4n) is 2.74. The van der Waals surface area contributed by atoms with Gasteiger partial charge in [-0.1, -0.05) is 24.3 Å². The Morgan fingerprint density at radius 1 is 0.960 bits per heavy atom. The van der Waals surface area contributed by atoms with Crippen molar-refractivity contribution in [3.63, 3.8) is 0 Å². The molecule has 0 aliphatic rings. The maximum Gasteiger partial charge on any atom is 0.319 e. The van der Waals surface area contributed by atoms with Crippen LogP contribution in [-0.2, 0) is 5.54 Å². The molecule has 2 rings (SSSR count). The molecule has 0 aromatic heterocycles. The van der Waals surface area contributed by atoms with Crippen LogP contribution >= 0.6 is 0 Å². The van der Waals surface area contributed by atoms with E-state index in [9.17, 15) is 4.79 Å². The third kappa shape index (κ3) is 4.24. The Morgan fingerprint density at radius 3 is 2.12 bits per heavy atom. The highest BCUT2D eigenvalue weighted by atomic mass is 16.5. The second-order valence-electron chi connectivity index (χ2n) is 6.54. The van der Waals surface area contributed by atoms with Gasteiger partial charge in [0.05, 0.1) is 19.8 Å². The summed E-state index contributed by atoms with van der Waals surface area (Å²) in [5.74, 6) is 1.28. The Balaban J connectivity index is 2.19. The molecule has 0 unspecified atom stereocenters. The molecule has 0 saturated carbocycles. The number of benzene rings is 2. The van der Waals surface area contributed by atoms with Gasteiger partial charge in [0.1, 0.15) is 0 Å².